The smallest absolute Gasteiger partial charge is 0.411 e. The number of aliphatic hydroxyl groups is 2. The Morgan fingerprint density at radius 2 is 2.00 bits per heavy atom. The number of amides is 1. The highest BCUT2D eigenvalue weighted by molar-refractivity contribution is 5.84. The highest BCUT2D eigenvalue weighted by Crippen LogP contribution is 2.42. The fourth-order valence-corrected chi connectivity index (χ4v) is 4.95. The van der Waals surface area contributed by atoms with Crippen molar-refractivity contribution in [3.8, 4) is 0 Å². The van der Waals surface area contributed by atoms with Crippen molar-refractivity contribution in [3.63, 3.8) is 0 Å². The number of benzene rings is 2. The molecule has 2 aromatic carbocycles. The summed E-state index contributed by atoms with van der Waals surface area (Å²) < 4.78 is 18.1. The molecule has 2 fully saturated rings. The first-order valence-corrected chi connectivity index (χ1v) is 12.5. The summed E-state index contributed by atoms with van der Waals surface area (Å²) in [6, 6.07) is 15.3. The van der Waals surface area contributed by atoms with Gasteiger partial charge >= 0.3 is 6.09 Å². The number of ether oxygens (including phenoxy) is 3. The molecule has 0 aromatic heterocycles. The highest BCUT2D eigenvalue weighted by atomic mass is 16.7. The molecule has 2 heterocycles. The van der Waals surface area contributed by atoms with Crippen LogP contribution in [0.1, 0.15) is 48.8 Å². The minimum Gasteiger partial charge on any atom is -0.445 e. The summed E-state index contributed by atoms with van der Waals surface area (Å²) in [4.78, 5) is 14.3. The average molecular weight is 497 g/mol. The molecular weight excluding hydrogens is 460 g/mol. The maximum absolute atomic E-state index is 12.0. The summed E-state index contributed by atoms with van der Waals surface area (Å²) in [5.41, 5.74) is 3.22. The summed E-state index contributed by atoms with van der Waals surface area (Å²) >= 11 is 0. The van der Waals surface area contributed by atoms with Crippen molar-refractivity contribution in [2.24, 2.45) is 5.92 Å². The monoisotopic (exact) mass is 496 g/mol. The Morgan fingerprint density at radius 3 is 2.72 bits per heavy atom. The van der Waals surface area contributed by atoms with Crippen LogP contribution in [0.5, 0.6) is 0 Å². The largest absolute Gasteiger partial charge is 0.445 e. The molecule has 0 aliphatic carbocycles. The standard InChI is InChI=1S/C28H36N2O6/c1-3-14-34-28(33)29-23-7-4-6-22(15-23)27-35-25(16-30-13-5-8-24(30)18-32)19(2)26(36-27)21-11-9-20(17-31)10-12-21/h3-4,6-7,9-12,15,19,24-27,31-32H,1,5,8,13-14,16-18H2,2H3,(H,29,33). The van der Waals surface area contributed by atoms with Gasteiger partial charge in [0.15, 0.2) is 6.29 Å². The summed E-state index contributed by atoms with van der Waals surface area (Å²) in [5.74, 6) is 0.0522. The molecule has 2 saturated heterocycles. The van der Waals surface area contributed by atoms with E-state index in [2.05, 4.69) is 23.7 Å². The van der Waals surface area contributed by atoms with E-state index in [4.69, 9.17) is 14.2 Å². The van der Waals surface area contributed by atoms with Crippen LogP contribution in [-0.4, -0.2) is 59.7 Å². The van der Waals surface area contributed by atoms with Crippen LogP contribution in [0.4, 0.5) is 10.5 Å². The third-order valence-electron chi connectivity index (χ3n) is 6.99. The molecule has 2 aliphatic rings. The van der Waals surface area contributed by atoms with Crippen LogP contribution in [0.2, 0.25) is 0 Å². The number of likely N-dealkylation sites (tertiary alicyclic amines) is 1. The number of hydrogen-bond acceptors (Lipinski definition) is 7. The van der Waals surface area contributed by atoms with E-state index in [1.807, 2.05) is 42.5 Å². The van der Waals surface area contributed by atoms with Crippen molar-refractivity contribution < 1.29 is 29.2 Å². The molecule has 8 nitrogen and oxygen atoms in total. The second kappa shape index (κ2) is 12.5. The molecule has 5 unspecified atom stereocenters. The molecule has 36 heavy (non-hydrogen) atoms. The zero-order chi connectivity index (χ0) is 25.5. The van der Waals surface area contributed by atoms with E-state index in [1.54, 1.807) is 6.07 Å². The fraction of sp³-hybridized carbons (Fsp3) is 0.464. The van der Waals surface area contributed by atoms with E-state index in [0.717, 1.165) is 36.1 Å². The molecular formula is C28H36N2O6. The van der Waals surface area contributed by atoms with Gasteiger partial charge in [-0.25, -0.2) is 4.79 Å². The van der Waals surface area contributed by atoms with Crippen LogP contribution < -0.4 is 5.32 Å². The first-order valence-electron chi connectivity index (χ1n) is 12.5. The lowest BCUT2D eigenvalue weighted by Crippen LogP contribution is -2.46. The molecule has 1 amide bonds. The maximum atomic E-state index is 12.0. The summed E-state index contributed by atoms with van der Waals surface area (Å²) in [7, 11) is 0. The van der Waals surface area contributed by atoms with Gasteiger partial charge in [-0.05, 0) is 42.6 Å². The number of carbonyl (C=O) groups excluding carboxylic acids is 1. The molecule has 0 bridgehead atoms. The quantitative estimate of drug-likeness (QED) is 0.448. The highest BCUT2D eigenvalue weighted by Gasteiger charge is 2.40. The van der Waals surface area contributed by atoms with E-state index < -0.39 is 12.4 Å². The Kier molecular flexibility index (Phi) is 9.12. The number of nitrogens with one attached hydrogen (secondary N) is 1. The number of nitrogens with zero attached hydrogens (tertiary/aromatic N) is 1. The van der Waals surface area contributed by atoms with Gasteiger partial charge < -0.3 is 24.4 Å². The molecule has 2 aliphatic heterocycles. The Labute approximate surface area is 212 Å². The Bertz CT molecular complexity index is 1010. The Balaban J connectivity index is 1.57. The molecule has 8 heteroatoms. The second-order valence-electron chi connectivity index (χ2n) is 9.43. The molecule has 5 atom stereocenters. The van der Waals surface area contributed by atoms with E-state index in [-0.39, 0.29) is 44.0 Å². The van der Waals surface area contributed by atoms with Gasteiger partial charge in [-0.2, -0.15) is 0 Å². The van der Waals surface area contributed by atoms with Crippen molar-refractivity contribution in [3.05, 3.63) is 77.9 Å². The van der Waals surface area contributed by atoms with Gasteiger partial charge in [-0.3, -0.25) is 10.2 Å². The van der Waals surface area contributed by atoms with Crippen molar-refractivity contribution in [2.45, 2.75) is 50.9 Å². The molecule has 194 valence electrons. The number of anilines is 1. The van der Waals surface area contributed by atoms with Gasteiger partial charge in [0.05, 0.1) is 25.4 Å². The SMILES string of the molecule is C=CCOC(=O)Nc1cccc(C2OC(CN3CCCC3CO)C(C)C(c3ccc(CO)cc3)O2)c1. The van der Waals surface area contributed by atoms with Crippen molar-refractivity contribution in [1.82, 2.24) is 4.90 Å². The van der Waals surface area contributed by atoms with Crippen LogP contribution in [0, 0.1) is 5.92 Å². The van der Waals surface area contributed by atoms with Gasteiger partial charge in [-0.15, -0.1) is 0 Å². The summed E-state index contributed by atoms with van der Waals surface area (Å²) in [6.45, 7) is 7.57. The average Bonchev–Trinajstić information content (AvgIpc) is 3.36. The minimum absolute atomic E-state index is 0.0117. The van der Waals surface area contributed by atoms with E-state index in [0.29, 0.717) is 12.2 Å². The summed E-state index contributed by atoms with van der Waals surface area (Å²) in [6.07, 6.45) is 1.99. The predicted octanol–water partition coefficient (Wildman–Crippen LogP) is 4.16. The first-order chi connectivity index (χ1) is 17.5. The lowest BCUT2D eigenvalue weighted by Gasteiger charge is -2.43. The molecule has 0 saturated carbocycles. The van der Waals surface area contributed by atoms with Crippen LogP contribution in [0.15, 0.2) is 61.2 Å². The normalized spacial score (nSPS) is 26.5. The number of carbonyl (C=O) groups is 1. The van der Waals surface area contributed by atoms with E-state index >= 15 is 0 Å². The molecule has 2 aromatic rings. The molecule has 0 spiro atoms. The van der Waals surface area contributed by atoms with Gasteiger partial charge in [0.1, 0.15) is 6.61 Å². The Morgan fingerprint density at radius 1 is 1.19 bits per heavy atom. The first kappa shape index (κ1) is 26.3. The van der Waals surface area contributed by atoms with E-state index in [9.17, 15) is 15.0 Å². The number of aliphatic hydroxyl groups excluding tert-OH is 2. The zero-order valence-corrected chi connectivity index (χ0v) is 20.7. The number of hydrogen-bond donors (Lipinski definition) is 3. The third-order valence-corrected chi connectivity index (χ3v) is 6.99. The number of rotatable bonds is 9. The van der Waals surface area contributed by atoms with Crippen LogP contribution >= 0.6 is 0 Å². The maximum Gasteiger partial charge on any atom is 0.411 e. The molecule has 0 radical (unpaired) electrons. The second-order valence-corrected chi connectivity index (χ2v) is 9.43. The third kappa shape index (κ3) is 6.32. The lowest BCUT2D eigenvalue weighted by atomic mass is 9.90. The lowest BCUT2D eigenvalue weighted by molar-refractivity contribution is -0.276. The minimum atomic E-state index is -0.644. The zero-order valence-electron chi connectivity index (χ0n) is 20.7. The van der Waals surface area contributed by atoms with Gasteiger partial charge in [0, 0.05) is 29.8 Å². The van der Waals surface area contributed by atoms with Crippen molar-refractivity contribution in [1.29, 1.82) is 0 Å². The van der Waals surface area contributed by atoms with E-state index in [1.165, 1.54) is 6.08 Å². The van der Waals surface area contributed by atoms with Crippen molar-refractivity contribution >= 4 is 11.8 Å². The topological polar surface area (TPSA) is 100 Å². The van der Waals surface area contributed by atoms with Gasteiger partial charge in [0.2, 0.25) is 0 Å². The van der Waals surface area contributed by atoms with Crippen LogP contribution in [0.3, 0.4) is 0 Å². The van der Waals surface area contributed by atoms with Crippen LogP contribution in [-0.2, 0) is 20.8 Å². The Hall–Kier alpha value is -2.75. The fourth-order valence-electron chi connectivity index (χ4n) is 4.95. The van der Waals surface area contributed by atoms with Crippen LogP contribution in [0.25, 0.3) is 0 Å². The molecule has 4 rings (SSSR count). The van der Waals surface area contributed by atoms with Gasteiger partial charge in [-0.1, -0.05) is 56.0 Å². The predicted molar refractivity (Wildman–Crippen MR) is 136 cm³/mol. The van der Waals surface area contributed by atoms with Gasteiger partial charge in [0.25, 0.3) is 0 Å². The molecule has 3 N–H and O–H groups in total. The summed E-state index contributed by atoms with van der Waals surface area (Å²) in [5, 5.41) is 22.0. The van der Waals surface area contributed by atoms with Crippen molar-refractivity contribution in [2.75, 3.05) is 31.6 Å².